The molecule has 0 rings (SSSR count). The summed E-state index contributed by atoms with van der Waals surface area (Å²) in [4.78, 5) is 9.57. The summed E-state index contributed by atoms with van der Waals surface area (Å²) in [6.07, 6.45) is 1.46. The zero-order chi connectivity index (χ0) is 4.99. The van der Waals surface area contributed by atoms with Crippen molar-refractivity contribution in [3.8, 4) is 0 Å². The zero-order valence-corrected chi connectivity index (χ0v) is 3.09. The number of aliphatic hydroxyl groups is 1. The SMILES string of the molecule is NC(=O)C=CO. The lowest BCUT2D eigenvalue weighted by molar-refractivity contribution is -0.113. The first-order valence-corrected chi connectivity index (χ1v) is 1.37. The molecule has 3 N–H and O–H groups in total. The molecule has 0 heterocycles. The Bertz CT molecular complexity index is 76.9. The second kappa shape index (κ2) is 2.26. The molecule has 0 unspecified atom stereocenters. The van der Waals surface area contributed by atoms with Crippen LogP contribution in [0, 0.1) is 0 Å². The Labute approximate surface area is 35.1 Å². The first-order valence-electron chi connectivity index (χ1n) is 1.37. The third-order valence-corrected chi connectivity index (χ3v) is 0.239. The Balaban J connectivity index is 3.30. The molecular weight excluding hydrogens is 82.0 g/mol. The third kappa shape index (κ3) is 3.01. The summed E-state index contributed by atoms with van der Waals surface area (Å²) in [6.45, 7) is 0. The molecular formula is C3H5NO2. The minimum absolute atomic E-state index is 0.600. The fourth-order valence-corrected chi connectivity index (χ4v) is 0.0735. The fraction of sp³-hybridized carbons (Fsp3) is 0. The Morgan fingerprint density at radius 2 is 2.33 bits per heavy atom. The molecule has 0 aliphatic carbocycles. The minimum Gasteiger partial charge on any atom is -0.515 e. The van der Waals surface area contributed by atoms with E-state index < -0.39 is 5.91 Å². The molecule has 0 atom stereocenters. The molecule has 0 spiro atoms. The van der Waals surface area contributed by atoms with Crippen LogP contribution in [0.4, 0.5) is 0 Å². The summed E-state index contributed by atoms with van der Waals surface area (Å²) < 4.78 is 0. The van der Waals surface area contributed by atoms with E-state index in [2.05, 4.69) is 5.73 Å². The van der Waals surface area contributed by atoms with Crippen LogP contribution in [0.2, 0.25) is 0 Å². The standard InChI is InChI=1S/C3H5NO2/c4-3(6)1-2-5/h1-2,5H,(H2,4,6). The van der Waals surface area contributed by atoms with E-state index in [1.807, 2.05) is 0 Å². The number of nitrogens with two attached hydrogens (primary N) is 1. The third-order valence-electron chi connectivity index (χ3n) is 0.239. The molecule has 0 radical (unpaired) electrons. The van der Waals surface area contributed by atoms with Gasteiger partial charge in [0.15, 0.2) is 0 Å². The van der Waals surface area contributed by atoms with Crippen molar-refractivity contribution in [3.63, 3.8) is 0 Å². The molecule has 0 bridgehead atoms. The van der Waals surface area contributed by atoms with E-state index in [9.17, 15) is 4.79 Å². The highest BCUT2D eigenvalue weighted by Crippen LogP contribution is 1.58. The van der Waals surface area contributed by atoms with Gasteiger partial charge in [-0.2, -0.15) is 0 Å². The van der Waals surface area contributed by atoms with E-state index in [1.165, 1.54) is 0 Å². The summed E-state index contributed by atoms with van der Waals surface area (Å²) in [5, 5.41) is 7.76. The molecule has 3 heteroatoms. The molecule has 1 amide bonds. The molecule has 0 aromatic heterocycles. The van der Waals surface area contributed by atoms with Gasteiger partial charge in [-0.25, -0.2) is 0 Å². The Kier molecular flexibility index (Phi) is 1.89. The Morgan fingerprint density at radius 3 is 2.33 bits per heavy atom. The molecule has 0 saturated carbocycles. The molecule has 6 heavy (non-hydrogen) atoms. The van der Waals surface area contributed by atoms with E-state index in [-0.39, 0.29) is 0 Å². The van der Waals surface area contributed by atoms with Gasteiger partial charge in [-0.3, -0.25) is 4.79 Å². The number of carbonyl (C=O) groups excluding carboxylic acids is 1. The summed E-state index contributed by atoms with van der Waals surface area (Å²) in [6, 6.07) is 0. The second-order valence-corrected chi connectivity index (χ2v) is 0.718. The fourth-order valence-electron chi connectivity index (χ4n) is 0.0735. The van der Waals surface area contributed by atoms with Gasteiger partial charge in [-0.15, -0.1) is 0 Å². The second-order valence-electron chi connectivity index (χ2n) is 0.718. The van der Waals surface area contributed by atoms with E-state index in [4.69, 9.17) is 5.11 Å². The first kappa shape index (κ1) is 5.01. The number of amides is 1. The van der Waals surface area contributed by atoms with Crippen LogP contribution >= 0.6 is 0 Å². The van der Waals surface area contributed by atoms with Crippen molar-refractivity contribution in [2.24, 2.45) is 5.73 Å². The highest BCUT2D eigenvalue weighted by atomic mass is 16.2. The maximum Gasteiger partial charge on any atom is 0.244 e. The highest BCUT2D eigenvalue weighted by Gasteiger charge is 1.74. The number of primary amides is 1. The van der Waals surface area contributed by atoms with Crippen LogP contribution < -0.4 is 5.73 Å². The summed E-state index contributed by atoms with van der Waals surface area (Å²) in [7, 11) is 0. The maximum atomic E-state index is 9.57. The molecule has 0 aromatic carbocycles. The van der Waals surface area contributed by atoms with Crippen LogP contribution in [-0.4, -0.2) is 11.0 Å². The maximum absolute atomic E-state index is 9.57. The number of carbonyl (C=O) groups is 1. The average Bonchev–Trinajstić information content (AvgIpc) is 1.35. The number of aliphatic hydroxyl groups excluding tert-OH is 1. The normalized spacial score (nSPS) is 9.33. The topological polar surface area (TPSA) is 63.3 Å². The van der Waals surface area contributed by atoms with Crippen molar-refractivity contribution < 1.29 is 9.90 Å². The van der Waals surface area contributed by atoms with Gasteiger partial charge in [0, 0.05) is 6.08 Å². The van der Waals surface area contributed by atoms with E-state index in [0.717, 1.165) is 6.08 Å². The molecule has 0 fully saturated rings. The van der Waals surface area contributed by atoms with Crippen molar-refractivity contribution in [1.82, 2.24) is 0 Å². The van der Waals surface area contributed by atoms with Gasteiger partial charge in [0.2, 0.25) is 5.91 Å². The lowest BCUT2D eigenvalue weighted by Crippen LogP contribution is -2.04. The lowest BCUT2D eigenvalue weighted by atomic mass is 10.6. The van der Waals surface area contributed by atoms with Crippen LogP contribution in [0.3, 0.4) is 0 Å². The average molecular weight is 87.1 g/mol. The van der Waals surface area contributed by atoms with E-state index in [0.29, 0.717) is 6.26 Å². The van der Waals surface area contributed by atoms with Crippen LogP contribution in [0.25, 0.3) is 0 Å². The molecule has 3 nitrogen and oxygen atoms in total. The summed E-state index contributed by atoms with van der Waals surface area (Å²) >= 11 is 0. The predicted octanol–water partition coefficient (Wildman–Crippen LogP) is -0.457. The lowest BCUT2D eigenvalue weighted by Gasteiger charge is -1.69. The van der Waals surface area contributed by atoms with Crippen LogP contribution in [-0.2, 0) is 4.79 Å². The highest BCUT2D eigenvalue weighted by molar-refractivity contribution is 5.85. The number of rotatable bonds is 1. The molecule has 0 saturated heterocycles. The zero-order valence-electron chi connectivity index (χ0n) is 3.09. The molecule has 0 aliphatic heterocycles. The Morgan fingerprint density at radius 1 is 1.83 bits per heavy atom. The molecule has 34 valence electrons. The first-order chi connectivity index (χ1) is 2.77. The number of hydrogen-bond donors (Lipinski definition) is 2. The van der Waals surface area contributed by atoms with Crippen molar-refractivity contribution in [2.75, 3.05) is 0 Å². The quantitative estimate of drug-likeness (QED) is 0.336. The monoisotopic (exact) mass is 87.0 g/mol. The van der Waals surface area contributed by atoms with Crippen LogP contribution in [0.15, 0.2) is 12.3 Å². The smallest absolute Gasteiger partial charge is 0.244 e. The van der Waals surface area contributed by atoms with Crippen molar-refractivity contribution in [1.29, 1.82) is 0 Å². The van der Waals surface area contributed by atoms with Crippen molar-refractivity contribution >= 4 is 5.91 Å². The predicted molar refractivity (Wildman–Crippen MR) is 21.0 cm³/mol. The Hall–Kier alpha value is -0.990. The van der Waals surface area contributed by atoms with E-state index >= 15 is 0 Å². The molecule has 0 aliphatic rings. The summed E-state index contributed by atoms with van der Waals surface area (Å²) in [5.74, 6) is -0.641. The van der Waals surface area contributed by atoms with Gasteiger partial charge in [0.25, 0.3) is 0 Å². The largest absolute Gasteiger partial charge is 0.515 e. The van der Waals surface area contributed by atoms with Gasteiger partial charge >= 0.3 is 0 Å². The van der Waals surface area contributed by atoms with Gasteiger partial charge in [0.1, 0.15) is 0 Å². The van der Waals surface area contributed by atoms with Crippen molar-refractivity contribution in [2.45, 2.75) is 0 Å². The van der Waals surface area contributed by atoms with Crippen LogP contribution in [0.5, 0.6) is 0 Å². The van der Waals surface area contributed by atoms with E-state index in [1.54, 1.807) is 0 Å². The number of hydrogen-bond acceptors (Lipinski definition) is 2. The van der Waals surface area contributed by atoms with Crippen LogP contribution in [0.1, 0.15) is 0 Å². The van der Waals surface area contributed by atoms with Gasteiger partial charge in [-0.05, 0) is 0 Å². The molecule has 0 aromatic rings. The van der Waals surface area contributed by atoms with Gasteiger partial charge < -0.3 is 10.8 Å². The van der Waals surface area contributed by atoms with Gasteiger partial charge in [-0.1, -0.05) is 0 Å². The van der Waals surface area contributed by atoms with Crippen molar-refractivity contribution in [3.05, 3.63) is 12.3 Å². The minimum atomic E-state index is -0.641. The summed E-state index contributed by atoms with van der Waals surface area (Å²) in [5.41, 5.74) is 4.52. The van der Waals surface area contributed by atoms with Gasteiger partial charge in [0.05, 0.1) is 6.26 Å².